The molecule has 90 valence electrons. The summed E-state index contributed by atoms with van der Waals surface area (Å²) < 4.78 is 8.35. The van der Waals surface area contributed by atoms with E-state index in [-0.39, 0.29) is 0 Å². The van der Waals surface area contributed by atoms with E-state index in [1.165, 1.54) is 18.4 Å². The summed E-state index contributed by atoms with van der Waals surface area (Å²) in [7, 11) is 0. The molecule has 0 aliphatic heterocycles. The second kappa shape index (κ2) is 4.66. The zero-order chi connectivity index (χ0) is 11.7. The lowest BCUT2D eigenvalue weighted by Crippen LogP contribution is -2.14. The van der Waals surface area contributed by atoms with Crippen LogP contribution in [0, 0.1) is 0 Å². The van der Waals surface area contributed by atoms with Gasteiger partial charge in [-0.3, -0.25) is 4.68 Å². The van der Waals surface area contributed by atoms with Gasteiger partial charge in [-0.25, -0.2) is 0 Å². The summed E-state index contributed by atoms with van der Waals surface area (Å²) in [5.41, 5.74) is 1.21. The lowest BCUT2D eigenvalue weighted by molar-refractivity contribution is 0.478. The van der Waals surface area contributed by atoms with Crippen LogP contribution in [0.4, 0.5) is 0 Å². The third-order valence-corrected chi connectivity index (χ3v) is 3.21. The molecule has 0 bridgehead atoms. The Kier molecular flexibility index (Phi) is 3.03. The van der Waals surface area contributed by atoms with Crippen molar-refractivity contribution >= 4 is 15.9 Å². The maximum Gasteiger partial charge on any atom is 0.125 e. The molecule has 2 aromatic rings. The molecule has 0 spiro atoms. The number of aromatic nitrogens is 2. The molecule has 2 heterocycles. The molecule has 1 aliphatic carbocycles. The summed E-state index contributed by atoms with van der Waals surface area (Å²) in [6.07, 6.45) is 8.16. The van der Waals surface area contributed by atoms with Crippen LogP contribution in [-0.2, 0) is 13.1 Å². The van der Waals surface area contributed by atoms with E-state index >= 15 is 0 Å². The first-order valence-corrected chi connectivity index (χ1v) is 6.56. The van der Waals surface area contributed by atoms with E-state index < -0.39 is 0 Å². The van der Waals surface area contributed by atoms with Gasteiger partial charge in [0.05, 0.1) is 23.5 Å². The topological polar surface area (TPSA) is 43.0 Å². The van der Waals surface area contributed by atoms with Crippen molar-refractivity contribution in [2.75, 3.05) is 0 Å². The normalized spacial score (nSPS) is 15.4. The Morgan fingerprint density at radius 3 is 3.12 bits per heavy atom. The molecule has 4 nitrogen and oxygen atoms in total. The molecule has 0 aromatic carbocycles. The molecule has 0 atom stereocenters. The van der Waals surface area contributed by atoms with Gasteiger partial charge < -0.3 is 9.73 Å². The molecule has 1 saturated carbocycles. The van der Waals surface area contributed by atoms with Crippen LogP contribution < -0.4 is 5.32 Å². The van der Waals surface area contributed by atoms with Crippen LogP contribution in [-0.4, -0.2) is 15.8 Å². The number of halogens is 1. The van der Waals surface area contributed by atoms with Gasteiger partial charge in [0.15, 0.2) is 0 Å². The molecule has 1 fully saturated rings. The molecule has 3 rings (SSSR count). The zero-order valence-electron chi connectivity index (χ0n) is 9.40. The van der Waals surface area contributed by atoms with Gasteiger partial charge in [0.1, 0.15) is 5.76 Å². The Labute approximate surface area is 108 Å². The number of hydrogen-bond donors (Lipinski definition) is 1. The summed E-state index contributed by atoms with van der Waals surface area (Å²) in [5, 5.41) is 7.66. The Balaban J connectivity index is 1.59. The van der Waals surface area contributed by atoms with Gasteiger partial charge in [0.25, 0.3) is 0 Å². The Morgan fingerprint density at radius 2 is 2.41 bits per heavy atom. The fourth-order valence-corrected chi connectivity index (χ4v) is 2.06. The van der Waals surface area contributed by atoms with Crippen molar-refractivity contribution in [3.63, 3.8) is 0 Å². The molecular formula is C12H14BrN3O. The number of nitrogens with one attached hydrogen (secondary N) is 1. The first kappa shape index (κ1) is 11.0. The van der Waals surface area contributed by atoms with E-state index in [1.54, 1.807) is 6.20 Å². The Hall–Kier alpha value is -1.07. The highest BCUT2D eigenvalue weighted by Crippen LogP contribution is 2.20. The van der Waals surface area contributed by atoms with E-state index in [1.807, 2.05) is 17.1 Å². The first-order chi connectivity index (χ1) is 8.29. The number of rotatable bonds is 5. The second-order valence-electron chi connectivity index (χ2n) is 4.43. The minimum Gasteiger partial charge on any atom is -0.467 e. The molecule has 0 amide bonds. The van der Waals surface area contributed by atoms with Gasteiger partial charge in [0.2, 0.25) is 0 Å². The first-order valence-electron chi connectivity index (χ1n) is 5.77. The number of furan rings is 1. The molecule has 17 heavy (non-hydrogen) atoms. The van der Waals surface area contributed by atoms with Crippen molar-refractivity contribution in [1.82, 2.24) is 15.1 Å². The minimum absolute atomic E-state index is 0.676. The number of nitrogens with zero attached hydrogens (tertiary/aromatic N) is 2. The quantitative estimate of drug-likeness (QED) is 0.922. The fourth-order valence-electron chi connectivity index (χ4n) is 1.74. The predicted molar refractivity (Wildman–Crippen MR) is 67.6 cm³/mol. The molecule has 0 unspecified atom stereocenters. The molecule has 1 aliphatic rings. The van der Waals surface area contributed by atoms with Crippen molar-refractivity contribution in [3.05, 3.63) is 40.5 Å². The van der Waals surface area contributed by atoms with Crippen molar-refractivity contribution in [1.29, 1.82) is 0 Å². The number of hydrogen-bond acceptors (Lipinski definition) is 3. The highest BCUT2D eigenvalue weighted by molar-refractivity contribution is 9.10. The maximum atomic E-state index is 5.51. The van der Waals surface area contributed by atoms with Gasteiger partial charge in [-0.1, -0.05) is 0 Å². The molecule has 5 heteroatoms. The smallest absolute Gasteiger partial charge is 0.125 e. The van der Waals surface area contributed by atoms with Crippen LogP contribution in [0.3, 0.4) is 0 Å². The highest BCUT2D eigenvalue weighted by atomic mass is 79.9. The van der Waals surface area contributed by atoms with Gasteiger partial charge >= 0.3 is 0 Å². The molecule has 0 saturated heterocycles. The average molecular weight is 296 g/mol. The van der Waals surface area contributed by atoms with E-state index in [9.17, 15) is 0 Å². The van der Waals surface area contributed by atoms with Gasteiger partial charge in [-0.15, -0.1) is 0 Å². The third-order valence-electron chi connectivity index (χ3n) is 2.80. The summed E-state index contributed by atoms with van der Waals surface area (Å²) in [4.78, 5) is 0. The van der Waals surface area contributed by atoms with Crippen LogP contribution in [0.25, 0.3) is 0 Å². The summed E-state index contributed by atoms with van der Waals surface area (Å²) >= 11 is 3.37. The summed E-state index contributed by atoms with van der Waals surface area (Å²) in [5.74, 6) is 0.938. The van der Waals surface area contributed by atoms with E-state index in [4.69, 9.17) is 4.42 Å². The fraction of sp³-hybridized carbons (Fsp3) is 0.417. The molecular weight excluding hydrogens is 282 g/mol. The van der Waals surface area contributed by atoms with E-state index in [0.717, 1.165) is 22.8 Å². The molecule has 1 N–H and O–H groups in total. The highest BCUT2D eigenvalue weighted by Gasteiger charge is 2.20. The lowest BCUT2D eigenvalue weighted by atomic mass is 10.3. The van der Waals surface area contributed by atoms with Crippen molar-refractivity contribution in [2.24, 2.45) is 0 Å². The second-order valence-corrected chi connectivity index (χ2v) is 5.35. The van der Waals surface area contributed by atoms with E-state index in [2.05, 4.69) is 32.4 Å². The summed E-state index contributed by atoms with van der Waals surface area (Å²) in [6.45, 7) is 1.58. The van der Waals surface area contributed by atoms with Crippen molar-refractivity contribution in [2.45, 2.75) is 32.0 Å². The van der Waals surface area contributed by atoms with Crippen molar-refractivity contribution < 1.29 is 4.42 Å². The van der Waals surface area contributed by atoms with Gasteiger partial charge in [-0.05, 0) is 34.8 Å². The van der Waals surface area contributed by atoms with E-state index in [0.29, 0.717) is 6.54 Å². The standard InChI is InChI=1S/C12H14BrN3O/c13-10-5-15-16(6-10)7-12-3-9(8-17-12)4-14-11-1-2-11/h3,5-6,8,11,14H,1-2,4,7H2. The largest absolute Gasteiger partial charge is 0.467 e. The monoisotopic (exact) mass is 295 g/mol. The predicted octanol–water partition coefficient (Wildman–Crippen LogP) is 2.54. The van der Waals surface area contributed by atoms with Crippen LogP contribution >= 0.6 is 15.9 Å². The van der Waals surface area contributed by atoms with Crippen LogP contribution in [0.15, 0.2) is 33.6 Å². The van der Waals surface area contributed by atoms with Crippen LogP contribution in [0.1, 0.15) is 24.2 Å². The van der Waals surface area contributed by atoms with Crippen molar-refractivity contribution in [3.8, 4) is 0 Å². The summed E-state index contributed by atoms with van der Waals surface area (Å²) in [6, 6.07) is 2.82. The zero-order valence-corrected chi connectivity index (χ0v) is 11.0. The third kappa shape index (κ3) is 2.98. The van der Waals surface area contributed by atoms with Gasteiger partial charge in [-0.2, -0.15) is 5.10 Å². The van der Waals surface area contributed by atoms with Gasteiger partial charge in [0, 0.05) is 24.3 Å². The SMILES string of the molecule is Brc1cnn(Cc2cc(CNC3CC3)co2)c1. The Bertz CT molecular complexity index is 501. The molecule has 2 aromatic heterocycles. The van der Waals surface area contributed by atoms with Crippen LogP contribution in [0.5, 0.6) is 0 Å². The minimum atomic E-state index is 0.676. The maximum absolute atomic E-state index is 5.51. The average Bonchev–Trinajstić information content (AvgIpc) is 2.90. The Morgan fingerprint density at radius 1 is 1.53 bits per heavy atom. The van der Waals surface area contributed by atoms with Crippen LogP contribution in [0.2, 0.25) is 0 Å². The molecule has 0 radical (unpaired) electrons. The lowest BCUT2D eigenvalue weighted by Gasteiger charge is -1.97.